The number of benzene rings is 2. The van der Waals surface area contributed by atoms with Gasteiger partial charge in [0.15, 0.2) is 11.5 Å². The minimum Gasteiger partial charge on any atom is -0.493 e. The maximum Gasteiger partial charge on any atom is 0.162 e. The Morgan fingerprint density at radius 1 is 0.950 bits per heavy atom. The molecule has 0 amide bonds. The molecule has 0 aliphatic heterocycles. The molecule has 1 N–H and O–H groups in total. The predicted molar refractivity (Wildman–Crippen MR) is 81.5 cm³/mol. The molecule has 0 spiro atoms. The zero-order valence-electron chi connectivity index (χ0n) is 11.7. The summed E-state index contributed by atoms with van der Waals surface area (Å²) in [5, 5.41) is 4.04. The fraction of sp³-hybridized carbons (Fsp3) is 0.250. The smallest absolute Gasteiger partial charge is 0.162 e. The fourth-order valence-electron chi connectivity index (χ4n) is 1.97. The summed E-state index contributed by atoms with van der Waals surface area (Å²) in [6.45, 7) is 1.47. The van der Waals surface area contributed by atoms with Crippen molar-refractivity contribution in [1.82, 2.24) is 5.32 Å². The summed E-state index contributed by atoms with van der Waals surface area (Å²) in [5.74, 6) is 1.33. The van der Waals surface area contributed by atoms with E-state index in [2.05, 4.69) is 17.4 Å². The van der Waals surface area contributed by atoms with Crippen molar-refractivity contribution in [2.75, 3.05) is 14.2 Å². The van der Waals surface area contributed by atoms with Crippen LogP contribution in [0.5, 0.6) is 11.5 Å². The number of ether oxygens (including phenoxy) is 2. The van der Waals surface area contributed by atoms with Crippen LogP contribution in [0.1, 0.15) is 11.1 Å². The quantitative estimate of drug-likeness (QED) is 0.881. The monoisotopic (exact) mass is 291 g/mol. The lowest BCUT2D eigenvalue weighted by Crippen LogP contribution is -2.13. The average Bonchev–Trinajstić information content (AvgIpc) is 2.49. The molecular weight excluding hydrogens is 274 g/mol. The third-order valence-corrected chi connectivity index (χ3v) is 3.39. The predicted octanol–water partition coefficient (Wildman–Crippen LogP) is 3.65. The molecule has 3 nitrogen and oxygen atoms in total. The van der Waals surface area contributed by atoms with Gasteiger partial charge < -0.3 is 14.8 Å². The highest BCUT2D eigenvalue weighted by Gasteiger charge is 2.09. The summed E-state index contributed by atoms with van der Waals surface area (Å²) in [5.41, 5.74) is 2.23. The van der Waals surface area contributed by atoms with Crippen LogP contribution in [0.3, 0.4) is 0 Å². The molecule has 0 aromatic heterocycles. The average molecular weight is 292 g/mol. The lowest BCUT2D eigenvalue weighted by molar-refractivity contribution is 0.354. The van der Waals surface area contributed by atoms with Gasteiger partial charge in [-0.3, -0.25) is 0 Å². The van der Waals surface area contributed by atoms with E-state index in [4.69, 9.17) is 21.1 Å². The van der Waals surface area contributed by atoms with Gasteiger partial charge in [-0.05, 0) is 17.2 Å². The van der Waals surface area contributed by atoms with E-state index in [0.717, 1.165) is 12.1 Å². The van der Waals surface area contributed by atoms with Crippen LogP contribution in [0.2, 0.25) is 5.02 Å². The van der Waals surface area contributed by atoms with Gasteiger partial charge in [0.25, 0.3) is 0 Å². The molecule has 2 rings (SSSR count). The number of methoxy groups -OCH3 is 2. The van der Waals surface area contributed by atoms with E-state index >= 15 is 0 Å². The fourth-order valence-corrected chi connectivity index (χ4v) is 2.19. The normalized spacial score (nSPS) is 10.3. The second-order valence-electron chi connectivity index (χ2n) is 4.39. The molecule has 20 heavy (non-hydrogen) atoms. The van der Waals surface area contributed by atoms with E-state index in [1.807, 2.05) is 24.3 Å². The summed E-state index contributed by atoms with van der Waals surface area (Å²) in [6, 6.07) is 13.9. The summed E-state index contributed by atoms with van der Waals surface area (Å²) >= 11 is 6.24. The Morgan fingerprint density at radius 2 is 1.60 bits per heavy atom. The molecule has 4 heteroatoms. The molecule has 106 valence electrons. The van der Waals surface area contributed by atoms with Gasteiger partial charge in [0.05, 0.1) is 14.2 Å². The molecule has 0 unspecified atom stereocenters. The zero-order chi connectivity index (χ0) is 14.4. The van der Waals surface area contributed by atoms with Gasteiger partial charge in [-0.15, -0.1) is 0 Å². The largest absolute Gasteiger partial charge is 0.493 e. The molecule has 0 atom stereocenters. The summed E-state index contributed by atoms with van der Waals surface area (Å²) in [7, 11) is 3.22. The first-order valence-corrected chi connectivity index (χ1v) is 6.77. The number of rotatable bonds is 6. The highest BCUT2D eigenvalue weighted by Crippen LogP contribution is 2.32. The van der Waals surface area contributed by atoms with Crippen molar-refractivity contribution < 1.29 is 9.47 Å². The van der Waals surface area contributed by atoms with Gasteiger partial charge in [0, 0.05) is 24.2 Å². The standard InChI is InChI=1S/C16H18ClNO2/c1-19-15-8-13(14(17)9-16(15)20-2)11-18-10-12-6-4-3-5-7-12/h3-9,18H,10-11H2,1-2H3. The molecule has 0 saturated heterocycles. The third-order valence-electron chi connectivity index (χ3n) is 3.04. The molecule has 0 saturated carbocycles. The maximum absolute atomic E-state index is 6.24. The van der Waals surface area contributed by atoms with Gasteiger partial charge in [0.2, 0.25) is 0 Å². The Kier molecular flexibility index (Phi) is 5.27. The highest BCUT2D eigenvalue weighted by atomic mass is 35.5. The van der Waals surface area contributed by atoms with Crippen molar-refractivity contribution >= 4 is 11.6 Å². The van der Waals surface area contributed by atoms with Gasteiger partial charge in [0.1, 0.15) is 0 Å². The van der Waals surface area contributed by atoms with Gasteiger partial charge in [-0.1, -0.05) is 41.9 Å². The molecular formula is C16H18ClNO2. The lowest BCUT2D eigenvalue weighted by atomic mass is 10.2. The molecule has 2 aromatic carbocycles. The first-order valence-electron chi connectivity index (χ1n) is 6.39. The van der Waals surface area contributed by atoms with Crippen molar-refractivity contribution in [2.24, 2.45) is 0 Å². The zero-order valence-corrected chi connectivity index (χ0v) is 12.4. The van der Waals surface area contributed by atoms with Crippen molar-refractivity contribution in [1.29, 1.82) is 0 Å². The Morgan fingerprint density at radius 3 is 2.25 bits per heavy atom. The molecule has 0 radical (unpaired) electrons. The van der Waals surface area contributed by atoms with Gasteiger partial charge in [-0.2, -0.15) is 0 Å². The van der Waals surface area contributed by atoms with Crippen LogP contribution >= 0.6 is 11.6 Å². The van der Waals surface area contributed by atoms with E-state index in [-0.39, 0.29) is 0 Å². The van der Waals surface area contributed by atoms with E-state index in [1.165, 1.54) is 5.56 Å². The summed E-state index contributed by atoms with van der Waals surface area (Å²) < 4.78 is 10.5. The molecule has 0 aliphatic carbocycles. The van der Waals surface area contributed by atoms with Crippen LogP contribution in [0.25, 0.3) is 0 Å². The van der Waals surface area contributed by atoms with Gasteiger partial charge >= 0.3 is 0 Å². The topological polar surface area (TPSA) is 30.5 Å². The van der Waals surface area contributed by atoms with Crippen LogP contribution in [0.4, 0.5) is 0 Å². The SMILES string of the molecule is COc1cc(Cl)c(CNCc2ccccc2)cc1OC. The Balaban J connectivity index is 2.02. The minimum absolute atomic E-state index is 0.643. The number of hydrogen-bond acceptors (Lipinski definition) is 3. The highest BCUT2D eigenvalue weighted by molar-refractivity contribution is 6.31. The summed E-state index contributed by atoms with van der Waals surface area (Å²) in [6.07, 6.45) is 0. The van der Waals surface area contributed by atoms with E-state index in [9.17, 15) is 0 Å². The van der Waals surface area contributed by atoms with E-state index < -0.39 is 0 Å². The van der Waals surface area contributed by atoms with Crippen LogP contribution in [0, 0.1) is 0 Å². The van der Waals surface area contributed by atoms with Gasteiger partial charge in [-0.25, -0.2) is 0 Å². The molecule has 0 aliphatic rings. The van der Waals surface area contributed by atoms with Crippen LogP contribution in [0.15, 0.2) is 42.5 Å². The van der Waals surface area contributed by atoms with Crippen LogP contribution in [-0.4, -0.2) is 14.2 Å². The van der Waals surface area contributed by atoms with Crippen LogP contribution in [-0.2, 0) is 13.1 Å². The van der Waals surface area contributed by atoms with E-state index in [1.54, 1.807) is 20.3 Å². The first kappa shape index (κ1) is 14.7. The second kappa shape index (κ2) is 7.17. The maximum atomic E-state index is 6.24. The van der Waals surface area contributed by atoms with Crippen molar-refractivity contribution in [3.8, 4) is 11.5 Å². The first-order chi connectivity index (χ1) is 9.74. The minimum atomic E-state index is 0.643. The van der Waals surface area contributed by atoms with Crippen LogP contribution < -0.4 is 14.8 Å². The van der Waals surface area contributed by atoms with E-state index in [0.29, 0.717) is 23.1 Å². The number of nitrogens with one attached hydrogen (secondary N) is 1. The number of halogens is 1. The molecule has 0 fully saturated rings. The summed E-state index contributed by atoms with van der Waals surface area (Å²) in [4.78, 5) is 0. The van der Waals surface area contributed by atoms with Crippen molar-refractivity contribution in [2.45, 2.75) is 13.1 Å². The third kappa shape index (κ3) is 3.65. The lowest BCUT2D eigenvalue weighted by Gasteiger charge is -2.12. The Bertz CT molecular complexity index is 558. The Labute approximate surface area is 124 Å². The second-order valence-corrected chi connectivity index (χ2v) is 4.79. The van der Waals surface area contributed by atoms with Crippen molar-refractivity contribution in [3.63, 3.8) is 0 Å². The van der Waals surface area contributed by atoms with Crippen molar-refractivity contribution in [3.05, 3.63) is 58.6 Å². The molecule has 2 aromatic rings. The Hall–Kier alpha value is -1.71. The molecule has 0 heterocycles. The number of hydrogen-bond donors (Lipinski definition) is 1. The molecule has 0 bridgehead atoms.